The fourth-order valence-electron chi connectivity index (χ4n) is 1.80. The van der Waals surface area contributed by atoms with Gasteiger partial charge in [-0.3, -0.25) is 4.79 Å². The molecule has 24 heavy (non-hydrogen) atoms. The third-order valence-electron chi connectivity index (χ3n) is 2.98. The van der Waals surface area contributed by atoms with Gasteiger partial charge in [0.15, 0.2) is 17.5 Å². The summed E-state index contributed by atoms with van der Waals surface area (Å²) < 4.78 is 44.5. The van der Waals surface area contributed by atoms with E-state index >= 15 is 0 Å². The number of rotatable bonds is 7. The molecule has 0 radical (unpaired) electrons. The van der Waals surface area contributed by atoms with Crippen LogP contribution >= 0.6 is 0 Å². The van der Waals surface area contributed by atoms with E-state index in [9.17, 15) is 18.0 Å². The predicted octanol–water partition coefficient (Wildman–Crippen LogP) is 2.59. The molecule has 6 nitrogen and oxygen atoms in total. The molecule has 0 bridgehead atoms. The van der Waals surface area contributed by atoms with Crippen molar-refractivity contribution in [3.63, 3.8) is 0 Å². The van der Waals surface area contributed by atoms with E-state index in [1.807, 2.05) is 0 Å². The van der Waals surface area contributed by atoms with Crippen molar-refractivity contribution >= 4 is 17.5 Å². The summed E-state index contributed by atoms with van der Waals surface area (Å²) in [5.74, 6) is -5.03. The van der Waals surface area contributed by atoms with Crippen molar-refractivity contribution in [2.24, 2.45) is 0 Å². The molecular weight excluding hydrogens is 325 g/mol. The van der Waals surface area contributed by atoms with Crippen LogP contribution in [-0.2, 0) is 4.74 Å². The normalized spacial score (nSPS) is 10.5. The van der Waals surface area contributed by atoms with E-state index < -0.39 is 29.0 Å². The summed E-state index contributed by atoms with van der Waals surface area (Å²) in [6.45, 7) is 1.10. The van der Waals surface area contributed by atoms with Crippen LogP contribution in [0.25, 0.3) is 0 Å². The Bertz CT molecular complexity index is 728. The highest BCUT2D eigenvalue weighted by molar-refractivity contribution is 6.03. The summed E-state index contributed by atoms with van der Waals surface area (Å²) in [6, 6.07) is 2.96. The van der Waals surface area contributed by atoms with Gasteiger partial charge in [0.1, 0.15) is 5.69 Å². The Morgan fingerprint density at radius 1 is 1.21 bits per heavy atom. The van der Waals surface area contributed by atoms with Gasteiger partial charge in [-0.15, -0.1) is 0 Å². The maximum absolute atomic E-state index is 13.6. The van der Waals surface area contributed by atoms with Gasteiger partial charge in [0, 0.05) is 26.5 Å². The van der Waals surface area contributed by atoms with Crippen molar-refractivity contribution in [2.45, 2.75) is 6.42 Å². The molecule has 0 saturated heterocycles. The van der Waals surface area contributed by atoms with E-state index in [1.165, 1.54) is 12.3 Å². The topological polar surface area (TPSA) is 76.1 Å². The first kappa shape index (κ1) is 17.7. The molecule has 0 aliphatic carbocycles. The van der Waals surface area contributed by atoms with Crippen molar-refractivity contribution in [3.05, 3.63) is 47.5 Å². The van der Waals surface area contributed by atoms with E-state index in [2.05, 4.69) is 20.6 Å². The second kappa shape index (κ2) is 8.25. The van der Waals surface area contributed by atoms with Gasteiger partial charge in [-0.2, -0.15) is 0 Å². The zero-order chi connectivity index (χ0) is 17.5. The lowest BCUT2D eigenvalue weighted by Gasteiger charge is -2.08. The molecule has 0 fully saturated rings. The number of anilines is 2. The molecule has 9 heteroatoms. The van der Waals surface area contributed by atoms with Crippen LogP contribution in [0.15, 0.2) is 24.4 Å². The van der Waals surface area contributed by atoms with Crippen LogP contribution in [0.2, 0.25) is 0 Å². The Kier molecular flexibility index (Phi) is 6.07. The Morgan fingerprint density at radius 2 is 2.00 bits per heavy atom. The van der Waals surface area contributed by atoms with Gasteiger partial charge >= 0.3 is 0 Å². The number of nitrogens with zero attached hydrogens (tertiary/aromatic N) is 2. The SMILES string of the molecule is COCCCNc1nccc(C(=O)Nc2ccc(F)c(F)c2F)n1. The lowest BCUT2D eigenvalue weighted by molar-refractivity contribution is 0.102. The minimum atomic E-state index is -1.66. The van der Waals surface area contributed by atoms with Gasteiger partial charge in [0.2, 0.25) is 5.95 Å². The van der Waals surface area contributed by atoms with Crippen LogP contribution < -0.4 is 10.6 Å². The molecule has 1 aromatic carbocycles. The fraction of sp³-hybridized carbons (Fsp3) is 0.267. The number of carbonyl (C=O) groups excluding carboxylic acids is 1. The minimum Gasteiger partial charge on any atom is -0.385 e. The number of halogens is 3. The highest BCUT2D eigenvalue weighted by atomic mass is 19.2. The Morgan fingerprint density at radius 3 is 2.75 bits per heavy atom. The van der Waals surface area contributed by atoms with Crippen molar-refractivity contribution in [2.75, 3.05) is 30.9 Å². The molecule has 2 rings (SSSR count). The molecule has 1 aromatic heterocycles. The number of hydrogen-bond donors (Lipinski definition) is 2. The van der Waals surface area contributed by atoms with Crippen LogP contribution in [0.5, 0.6) is 0 Å². The van der Waals surface area contributed by atoms with Crippen molar-refractivity contribution in [3.8, 4) is 0 Å². The van der Waals surface area contributed by atoms with Crippen molar-refractivity contribution in [1.29, 1.82) is 0 Å². The number of methoxy groups -OCH3 is 1. The van der Waals surface area contributed by atoms with Gasteiger partial charge in [0.05, 0.1) is 5.69 Å². The maximum atomic E-state index is 13.6. The van der Waals surface area contributed by atoms with E-state index in [0.717, 1.165) is 18.6 Å². The van der Waals surface area contributed by atoms with Crippen LogP contribution in [0.3, 0.4) is 0 Å². The molecule has 0 unspecified atom stereocenters. The van der Waals surface area contributed by atoms with Gasteiger partial charge in [-0.1, -0.05) is 0 Å². The number of hydrogen-bond acceptors (Lipinski definition) is 5. The highest BCUT2D eigenvalue weighted by Crippen LogP contribution is 2.20. The monoisotopic (exact) mass is 340 g/mol. The molecule has 0 spiro atoms. The number of nitrogens with one attached hydrogen (secondary N) is 2. The number of carbonyl (C=O) groups is 1. The third kappa shape index (κ3) is 4.42. The third-order valence-corrected chi connectivity index (χ3v) is 2.98. The van der Waals surface area contributed by atoms with Gasteiger partial charge in [0.25, 0.3) is 5.91 Å². The molecule has 1 amide bonds. The first-order valence-corrected chi connectivity index (χ1v) is 7.03. The zero-order valence-corrected chi connectivity index (χ0v) is 12.8. The van der Waals surface area contributed by atoms with E-state index in [1.54, 1.807) is 7.11 Å². The molecule has 0 atom stereocenters. The van der Waals surface area contributed by atoms with Gasteiger partial charge < -0.3 is 15.4 Å². The summed E-state index contributed by atoms with van der Waals surface area (Å²) in [6.07, 6.45) is 2.07. The largest absolute Gasteiger partial charge is 0.385 e. The zero-order valence-electron chi connectivity index (χ0n) is 12.8. The van der Waals surface area contributed by atoms with Crippen molar-refractivity contribution < 1.29 is 22.7 Å². The summed E-state index contributed by atoms with van der Waals surface area (Å²) in [5, 5.41) is 5.04. The summed E-state index contributed by atoms with van der Waals surface area (Å²) in [7, 11) is 1.58. The Hall–Kier alpha value is -2.68. The standard InChI is InChI=1S/C15H15F3N4O2/c1-24-8-2-6-19-15-20-7-5-11(22-15)14(23)21-10-4-3-9(16)12(17)13(10)18/h3-5,7H,2,6,8H2,1H3,(H,21,23)(H,19,20,22). The van der Waals surface area contributed by atoms with Crippen LogP contribution in [0, 0.1) is 17.5 Å². The van der Waals surface area contributed by atoms with E-state index in [0.29, 0.717) is 13.2 Å². The fourth-order valence-corrected chi connectivity index (χ4v) is 1.80. The molecule has 0 saturated carbocycles. The van der Waals surface area contributed by atoms with Gasteiger partial charge in [-0.25, -0.2) is 23.1 Å². The Labute approximate surface area is 136 Å². The maximum Gasteiger partial charge on any atom is 0.274 e. The first-order valence-electron chi connectivity index (χ1n) is 7.03. The molecule has 0 aliphatic heterocycles. The minimum absolute atomic E-state index is 0.0524. The number of benzene rings is 1. The van der Waals surface area contributed by atoms with Crippen LogP contribution in [-0.4, -0.2) is 36.1 Å². The number of aromatic nitrogens is 2. The van der Waals surface area contributed by atoms with E-state index in [-0.39, 0.29) is 11.6 Å². The molecule has 128 valence electrons. The quantitative estimate of drug-likeness (QED) is 0.598. The summed E-state index contributed by atoms with van der Waals surface area (Å²) in [5.41, 5.74) is -0.532. The first-order chi connectivity index (χ1) is 11.5. The average Bonchev–Trinajstić information content (AvgIpc) is 2.59. The van der Waals surface area contributed by atoms with Gasteiger partial charge in [-0.05, 0) is 24.6 Å². The molecule has 0 aliphatic rings. The average molecular weight is 340 g/mol. The molecule has 1 heterocycles. The highest BCUT2D eigenvalue weighted by Gasteiger charge is 2.17. The number of amides is 1. The number of ether oxygens (including phenoxy) is 1. The summed E-state index contributed by atoms with van der Waals surface area (Å²) in [4.78, 5) is 20.0. The molecule has 2 aromatic rings. The molecule has 2 N–H and O–H groups in total. The second-order valence-electron chi connectivity index (χ2n) is 4.72. The van der Waals surface area contributed by atoms with Crippen LogP contribution in [0.1, 0.15) is 16.9 Å². The second-order valence-corrected chi connectivity index (χ2v) is 4.72. The lowest BCUT2D eigenvalue weighted by atomic mass is 10.2. The smallest absolute Gasteiger partial charge is 0.274 e. The van der Waals surface area contributed by atoms with Crippen LogP contribution in [0.4, 0.5) is 24.8 Å². The lowest BCUT2D eigenvalue weighted by Crippen LogP contribution is -2.17. The molecular formula is C15H15F3N4O2. The predicted molar refractivity (Wildman–Crippen MR) is 81.3 cm³/mol. The Balaban J connectivity index is 2.06. The van der Waals surface area contributed by atoms with Crippen molar-refractivity contribution in [1.82, 2.24) is 9.97 Å². The summed E-state index contributed by atoms with van der Waals surface area (Å²) >= 11 is 0. The van der Waals surface area contributed by atoms with E-state index in [4.69, 9.17) is 4.74 Å².